The molecular formula is C12H18N2O3. The minimum Gasteiger partial charge on any atom is -0.443 e. The summed E-state index contributed by atoms with van der Waals surface area (Å²) in [5, 5.41) is 0. The number of urea groups is 1. The van der Waals surface area contributed by atoms with Gasteiger partial charge in [-0.1, -0.05) is 5.92 Å². The van der Waals surface area contributed by atoms with Gasteiger partial charge in [0.25, 0.3) is 0 Å². The van der Waals surface area contributed by atoms with E-state index in [9.17, 15) is 9.59 Å². The standard InChI is InChI=1S/C12H18N2O3/c1-6-7-13-9(2)8-14(10(13)15)11(16)17-12(3,4)5/h1,9H,7-8H2,2-5H3. The molecule has 5 nitrogen and oxygen atoms in total. The largest absolute Gasteiger partial charge is 0.443 e. The molecule has 0 spiro atoms. The van der Waals surface area contributed by atoms with Gasteiger partial charge in [0.15, 0.2) is 0 Å². The Morgan fingerprint density at radius 2 is 2.18 bits per heavy atom. The van der Waals surface area contributed by atoms with Crippen LogP contribution < -0.4 is 0 Å². The number of rotatable bonds is 1. The lowest BCUT2D eigenvalue weighted by atomic mass is 10.2. The maximum absolute atomic E-state index is 11.9. The number of nitrogens with zero attached hydrogens (tertiary/aromatic N) is 2. The molecule has 1 heterocycles. The Morgan fingerprint density at radius 1 is 1.59 bits per heavy atom. The zero-order valence-electron chi connectivity index (χ0n) is 10.7. The zero-order valence-corrected chi connectivity index (χ0v) is 10.7. The predicted molar refractivity (Wildman–Crippen MR) is 63.3 cm³/mol. The van der Waals surface area contributed by atoms with Crippen molar-refractivity contribution in [1.29, 1.82) is 0 Å². The van der Waals surface area contributed by atoms with Crippen LogP contribution in [0.4, 0.5) is 9.59 Å². The van der Waals surface area contributed by atoms with Gasteiger partial charge in [-0.25, -0.2) is 14.5 Å². The number of imide groups is 1. The van der Waals surface area contributed by atoms with E-state index in [-0.39, 0.29) is 18.6 Å². The van der Waals surface area contributed by atoms with Crippen LogP contribution in [0.3, 0.4) is 0 Å². The second-order valence-corrected chi connectivity index (χ2v) is 5.05. The van der Waals surface area contributed by atoms with Crippen molar-refractivity contribution >= 4 is 12.1 Å². The number of carbonyl (C=O) groups excluding carboxylic acids is 2. The van der Waals surface area contributed by atoms with E-state index in [1.807, 2.05) is 6.92 Å². The number of carbonyl (C=O) groups is 2. The topological polar surface area (TPSA) is 49.9 Å². The summed E-state index contributed by atoms with van der Waals surface area (Å²) >= 11 is 0. The molecule has 1 unspecified atom stereocenters. The van der Waals surface area contributed by atoms with Crippen molar-refractivity contribution in [3.8, 4) is 12.3 Å². The lowest BCUT2D eigenvalue weighted by Crippen LogP contribution is -2.40. The molecule has 3 amide bonds. The first-order valence-electron chi connectivity index (χ1n) is 5.51. The molecule has 17 heavy (non-hydrogen) atoms. The van der Waals surface area contributed by atoms with Crippen LogP contribution in [-0.4, -0.2) is 46.7 Å². The summed E-state index contributed by atoms with van der Waals surface area (Å²) in [6, 6.07) is -0.462. The van der Waals surface area contributed by atoms with Gasteiger partial charge in [-0.15, -0.1) is 6.42 Å². The quantitative estimate of drug-likeness (QED) is 0.653. The first-order chi connectivity index (χ1) is 7.76. The molecule has 1 atom stereocenters. The summed E-state index contributed by atoms with van der Waals surface area (Å²) in [5.41, 5.74) is -0.611. The van der Waals surface area contributed by atoms with Crippen molar-refractivity contribution in [2.45, 2.75) is 39.3 Å². The normalized spacial score (nSPS) is 20.4. The molecule has 0 bridgehead atoms. The summed E-state index contributed by atoms with van der Waals surface area (Å²) < 4.78 is 5.15. The smallest absolute Gasteiger partial charge is 0.418 e. The van der Waals surface area contributed by atoms with E-state index in [0.717, 1.165) is 4.90 Å². The molecule has 0 saturated carbocycles. The number of terminal acetylenes is 1. The molecule has 0 aromatic carbocycles. The molecule has 1 rings (SSSR count). The van der Waals surface area contributed by atoms with Crippen LogP contribution in [0.25, 0.3) is 0 Å². The zero-order chi connectivity index (χ0) is 13.2. The Labute approximate surface area is 102 Å². The van der Waals surface area contributed by atoms with E-state index in [1.54, 1.807) is 20.8 Å². The molecule has 0 aromatic heterocycles. The van der Waals surface area contributed by atoms with E-state index >= 15 is 0 Å². The van der Waals surface area contributed by atoms with Crippen molar-refractivity contribution < 1.29 is 14.3 Å². The van der Waals surface area contributed by atoms with Crippen LogP contribution in [0, 0.1) is 12.3 Å². The fraction of sp³-hybridized carbons (Fsp3) is 0.667. The van der Waals surface area contributed by atoms with Gasteiger partial charge in [0.05, 0.1) is 13.1 Å². The monoisotopic (exact) mass is 238 g/mol. The number of hydrogen-bond acceptors (Lipinski definition) is 3. The minimum absolute atomic E-state index is 0.0777. The van der Waals surface area contributed by atoms with E-state index < -0.39 is 11.7 Å². The van der Waals surface area contributed by atoms with E-state index in [4.69, 9.17) is 11.2 Å². The van der Waals surface area contributed by atoms with Crippen LogP contribution in [0.1, 0.15) is 27.7 Å². The van der Waals surface area contributed by atoms with Crippen LogP contribution >= 0.6 is 0 Å². The second kappa shape index (κ2) is 4.66. The molecule has 5 heteroatoms. The molecular weight excluding hydrogens is 220 g/mol. The van der Waals surface area contributed by atoms with Crippen molar-refractivity contribution in [3.63, 3.8) is 0 Å². The van der Waals surface area contributed by atoms with Crippen LogP contribution in [0.15, 0.2) is 0 Å². The van der Waals surface area contributed by atoms with E-state index in [2.05, 4.69) is 5.92 Å². The summed E-state index contributed by atoms with van der Waals surface area (Å²) in [6.07, 6.45) is 4.56. The van der Waals surface area contributed by atoms with Gasteiger partial charge in [-0.05, 0) is 27.7 Å². The van der Waals surface area contributed by atoms with E-state index in [0.29, 0.717) is 6.54 Å². The van der Waals surface area contributed by atoms with Crippen molar-refractivity contribution in [2.24, 2.45) is 0 Å². The number of amides is 3. The highest BCUT2D eigenvalue weighted by molar-refractivity contribution is 5.93. The van der Waals surface area contributed by atoms with Crippen LogP contribution in [0.5, 0.6) is 0 Å². The third kappa shape index (κ3) is 3.13. The molecule has 0 aliphatic carbocycles. The molecule has 1 saturated heterocycles. The van der Waals surface area contributed by atoms with Gasteiger partial charge in [0, 0.05) is 6.04 Å². The molecule has 94 valence electrons. The summed E-state index contributed by atoms with van der Waals surface area (Å²) in [7, 11) is 0. The Hall–Kier alpha value is -1.70. The van der Waals surface area contributed by atoms with Gasteiger partial charge in [0.2, 0.25) is 0 Å². The third-order valence-electron chi connectivity index (χ3n) is 2.33. The molecule has 1 aliphatic heterocycles. The first kappa shape index (κ1) is 13.4. The number of ether oxygens (including phenoxy) is 1. The third-order valence-corrected chi connectivity index (χ3v) is 2.33. The second-order valence-electron chi connectivity index (χ2n) is 5.05. The highest BCUT2D eigenvalue weighted by Gasteiger charge is 2.39. The predicted octanol–water partition coefficient (Wildman–Crippen LogP) is 1.68. The Morgan fingerprint density at radius 3 is 2.65 bits per heavy atom. The summed E-state index contributed by atoms with van der Waals surface area (Å²) in [4.78, 5) is 26.2. The fourth-order valence-corrected chi connectivity index (χ4v) is 1.58. The van der Waals surface area contributed by atoms with Crippen molar-refractivity contribution in [2.75, 3.05) is 13.1 Å². The maximum Gasteiger partial charge on any atom is 0.418 e. The summed E-state index contributed by atoms with van der Waals surface area (Å²) in [6.45, 7) is 7.64. The summed E-state index contributed by atoms with van der Waals surface area (Å²) in [5.74, 6) is 2.40. The fourth-order valence-electron chi connectivity index (χ4n) is 1.58. The van der Waals surface area contributed by atoms with Gasteiger partial charge in [-0.2, -0.15) is 0 Å². The van der Waals surface area contributed by atoms with Crippen LogP contribution in [0.2, 0.25) is 0 Å². The van der Waals surface area contributed by atoms with Crippen molar-refractivity contribution in [1.82, 2.24) is 9.80 Å². The van der Waals surface area contributed by atoms with Crippen molar-refractivity contribution in [3.05, 3.63) is 0 Å². The Bertz CT molecular complexity index is 365. The highest BCUT2D eigenvalue weighted by atomic mass is 16.6. The molecule has 1 fully saturated rings. The first-order valence-corrected chi connectivity index (χ1v) is 5.51. The Kier molecular flexibility index (Phi) is 3.66. The molecule has 0 aromatic rings. The Balaban J connectivity index is 2.72. The van der Waals surface area contributed by atoms with Gasteiger partial charge in [0.1, 0.15) is 5.60 Å². The van der Waals surface area contributed by atoms with Gasteiger partial charge < -0.3 is 9.64 Å². The average Bonchev–Trinajstić information content (AvgIpc) is 2.43. The number of hydrogen-bond donors (Lipinski definition) is 0. The minimum atomic E-state index is -0.617. The van der Waals surface area contributed by atoms with Crippen LogP contribution in [-0.2, 0) is 4.74 Å². The average molecular weight is 238 g/mol. The molecule has 0 radical (unpaired) electrons. The SMILES string of the molecule is C#CCN1C(=O)N(C(=O)OC(C)(C)C)CC1C. The van der Waals surface area contributed by atoms with Gasteiger partial charge in [-0.3, -0.25) is 0 Å². The molecule has 1 aliphatic rings. The highest BCUT2D eigenvalue weighted by Crippen LogP contribution is 2.18. The lowest BCUT2D eigenvalue weighted by molar-refractivity contribution is 0.0346. The van der Waals surface area contributed by atoms with Gasteiger partial charge >= 0.3 is 12.1 Å². The molecule has 0 N–H and O–H groups in total. The van der Waals surface area contributed by atoms with E-state index in [1.165, 1.54) is 4.90 Å². The maximum atomic E-state index is 11.9. The lowest BCUT2D eigenvalue weighted by Gasteiger charge is -2.23.